The van der Waals surface area contributed by atoms with E-state index in [1.54, 1.807) is 23.8 Å². The van der Waals surface area contributed by atoms with Crippen molar-refractivity contribution in [2.45, 2.75) is 32.2 Å². The average molecular weight is 673 g/mol. The molecule has 0 fully saturated rings. The molecule has 0 aliphatic carbocycles. The molecule has 1 atom stereocenters. The predicted octanol–water partition coefficient (Wildman–Crippen LogP) is 9.79. The van der Waals surface area contributed by atoms with Crippen LogP contribution in [0.15, 0.2) is 115 Å². The highest BCUT2D eigenvalue weighted by molar-refractivity contribution is 6.36. The number of imidazole rings is 1. The average Bonchev–Trinajstić information content (AvgIpc) is 3.50. The van der Waals surface area contributed by atoms with Crippen LogP contribution in [0.2, 0.25) is 10.0 Å². The summed E-state index contributed by atoms with van der Waals surface area (Å²) in [7, 11) is 1.66. The van der Waals surface area contributed by atoms with Gasteiger partial charge in [-0.1, -0.05) is 103 Å². The number of hydrogen-bond donors (Lipinski definition) is 1. The molecule has 0 saturated heterocycles. The molecule has 1 unspecified atom stereocenters. The summed E-state index contributed by atoms with van der Waals surface area (Å²) in [5.41, 5.74) is 5.67. The summed E-state index contributed by atoms with van der Waals surface area (Å²) in [6.45, 7) is 2.91. The number of ether oxygens (including phenoxy) is 1. The Morgan fingerprint density at radius 1 is 0.896 bits per heavy atom. The molecule has 5 nitrogen and oxygen atoms in total. The molecule has 5 aromatic carbocycles. The van der Waals surface area contributed by atoms with Crippen molar-refractivity contribution in [2.24, 2.45) is 0 Å². The van der Waals surface area contributed by atoms with E-state index in [0.717, 1.165) is 40.8 Å². The van der Waals surface area contributed by atoms with Gasteiger partial charge in [0.05, 0.1) is 17.8 Å². The number of amides is 1. The van der Waals surface area contributed by atoms with Gasteiger partial charge in [-0.25, -0.2) is 4.98 Å². The maximum Gasteiger partial charge on any atom is 0.240 e. The lowest BCUT2D eigenvalue weighted by Crippen LogP contribution is -2.28. The number of halogens is 2. The number of rotatable bonds is 10. The zero-order valence-corrected chi connectivity index (χ0v) is 28.4. The number of methoxy groups -OCH3 is 1. The van der Waals surface area contributed by atoms with Gasteiger partial charge in [0.25, 0.3) is 0 Å². The Kier molecular flexibility index (Phi) is 10.5. The first-order valence-electron chi connectivity index (χ1n) is 15.9. The monoisotopic (exact) mass is 671 g/mol. The fourth-order valence-electron chi connectivity index (χ4n) is 5.80. The Bertz CT molecular complexity index is 2100. The number of fused-ring (bicyclic) bond motifs is 1. The molecule has 48 heavy (non-hydrogen) atoms. The minimum absolute atomic E-state index is 0.0809. The van der Waals surface area contributed by atoms with Crippen molar-refractivity contribution in [1.82, 2.24) is 14.9 Å². The second-order valence-corrected chi connectivity index (χ2v) is 12.6. The molecule has 6 aromatic rings. The molecule has 1 aromatic heterocycles. The van der Waals surface area contributed by atoms with Gasteiger partial charge in [-0.2, -0.15) is 0 Å². The van der Waals surface area contributed by atoms with Crippen LogP contribution < -0.4 is 10.1 Å². The van der Waals surface area contributed by atoms with Crippen LogP contribution in [-0.4, -0.2) is 29.1 Å². The van der Waals surface area contributed by atoms with Crippen molar-refractivity contribution in [3.63, 3.8) is 0 Å². The first-order valence-corrected chi connectivity index (χ1v) is 16.7. The summed E-state index contributed by atoms with van der Waals surface area (Å²) in [5.74, 6) is 7.95. The maximum absolute atomic E-state index is 13.1. The quantitative estimate of drug-likeness (QED) is 0.116. The number of aromatic nitrogens is 2. The Hall–Kier alpha value is -5.02. The first kappa shape index (κ1) is 32.9. The van der Waals surface area contributed by atoms with E-state index < -0.39 is 0 Å². The summed E-state index contributed by atoms with van der Waals surface area (Å²) in [6.07, 6.45) is 3.64. The van der Waals surface area contributed by atoms with Crippen LogP contribution in [-0.2, 0) is 11.3 Å². The lowest BCUT2D eigenvalue weighted by atomic mass is 9.91. The number of carbonyl (C=O) groups is 1. The van der Waals surface area contributed by atoms with Gasteiger partial charge in [-0.05, 0) is 94.6 Å². The smallest absolute Gasteiger partial charge is 0.240 e. The van der Waals surface area contributed by atoms with E-state index in [0.29, 0.717) is 34.0 Å². The zero-order valence-electron chi connectivity index (χ0n) is 26.8. The van der Waals surface area contributed by atoms with Crippen LogP contribution in [0.5, 0.6) is 5.75 Å². The van der Waals surface area contributed by atoms with Crippen molar-refractivity contribution in [2.75, 3.05) is 13.7 Å². The second-order valence-electron chi connectivity index (χ2n) is 11.7. The molecule has 0 aliphatic heterocycles. The fraction of sp³-hybridized carbons (Fsp3) is 0.171. The van der Waals surface area contributed by atoms with E-state index in [2.05, 4.69) is 66.5 Å². The second kappa shape index (κ2) is 15.3. The zero-order chi connectivity index (χ0) is 33.5. The van der Waals surface area contributed by atoms with Gasteiger partial charge in [-0.3, -0.25) is 4.79 Å². The van der Waals surface area contributed by atoms with Crippen molar-refractivity contribution >= 4 is 39.9 Å². The van der Waals surface area contributed by atoms with E-state index >= 15 is 0 Å². The highest BCUT2D eigenvalue weighted by Crippen LogP contribution is 2.31. The van der Waals surface area contributed by atoms with E-state index in [-0.39, 0.29) is 12.5 Å². The molecule has 0 radical (unpaired) electrons. The van der Waals surface area contributed by atoms with Gasteiger partial charge in [0.1, 0.15) is 12.3 Å². The van der Waals surface area contributed by atoms with E-state index in [9.17, 15) is 4.79 Å². The van der Waals surface area contributed by atoms with Crippen LogP contribution in [0.4, 0.5) is 0 Å². The number of nitrogens with one attached hydrogen (secondary N) is 1. The lowest BCUT2D eigenvalue weighted by molar-refractivity contribution is -0.121. The highest BCUT2D eigenvalue weighted by Gasteiger charge is 2.15. The molecular formula is C41H35Cl2N3O2. The van der Waals surface area contributed by atoms with Gasteiger partial charge in [-0.15, -0.1) is 0 Å². The third-order valence-electron chi connectivity index (χ3n) is 8.41. The van der Waals surface area contributed by atoms with Crippen LogP contribution in [0.3, 0.4) is 0 Å². The Balaban J connectivity index is 1.14. The largest absolute Gasteiger partial charge is 0.497 e. The number of carbonyl (C=O) groups excluding carboxylic acids is 1. The highest BCUT2D eigenvalue weighted by atomic mass is 35.5. The van der Waals surface area contributed by atoms with Crippen molar-refractivity contribution in [1.29, 1.82) is 0 Å². The van der Waals surface area contributed by atoms with E-state index in [1.807, 2.05) is 60.8 Å². The Morgan fingerprint density at radius 3 is 2.38 bits per heavy atom. The van der Waals surface area contributed by atoms with Gasteiger partial charge in [0.15, 0.2) is 5.82 Å². The van der Waals surface area contributed by atoms with Crippen LogP contribution in [0, 0.1) is 11.8 Å². The van der Waals surface area contributed by atoms with Crippen molar-refractivity contribution in [3.05, 3.63) is 142 Å². The molecular weight excluding hydrogens is 637 g/mol. The summed E-state index contributed by atoms with van der Waals surface area (Å²) in [5, 5.41) is 6.64. The molecule has 240 valence electrons. The van der Waals surface area contributed by atoms with Crippen LogP contribution >= 0.6 is 23.2 Å². The number of benzene rings is 5. The summed E-state index contributed by atoms with van der Waals surface area (Å²) in [6, 6.07) is 36.2. The standard InChI is InChI=1S/C41H35Cl2N3O2/c1-28(35-11-5-9-32-8-3-4-10-36(32)35)7-6-24-44-41(47)27-46-26-39(37-22-19-33(42)25-38(37)43)45-40(46)23-14-29-12-15-30(16-13-29)31-17-20-34(48-2)21-18-31/h3-5,8-13,15-22,25-26,28H,6-7,24,27H2,1-2H3,(H,44,47). The fourth-order valence-corrected chi connectivity index (χ4v) is 6.31. The molecule has 7 heteroatoms. The molecule has 6 rings (SSSR count). The molecule has 1 N–H and O–H groups in total. The maximum atomic E-state index is 13.1. The number of hydrogen-bond acceptors (Lipinski definition) is 3. The summed E-state index contributed by atoms with van der Waals surface area (Å²) >= 11 is 12.7. The van der Waals surface area contributed by atoms with Crippen molar-refractivity contribution in [3.8, 4) is 40.0 Å². The molecule has 0 spiro atoms. The van der Waals surface area contributed by atoms with Gasteiger partial charge < -0.3 is 14.6 Å². The summed E-state index contributed by atoms with van der Waals surface area (Å²) in [4.78, 5) is 17.9. The SMILES string of the molecule is COc1ccc(-c2ccc(C#Cc3nc(-c4ccc(Cl)cc4Cl)cn3CC(=O)NCCCC(C)c3cccc4ccccc34)cc2)cc1. The van der Waals surface area contributed by atoms with Gasteiger partial charge in [0.2, 0.25) is 5.91 Å². The minimum Gasteiger partial charge on any atom is -0.497 e. The van der Waals surface area contributed by atoms with Gasteiger partial charge >= 0.3 is 0 Å². The molecule has 0 bridgehead atoms. The minimum atomic E-state index is -0.106. The topological polar surface area (TPSA) is 56.2 Å². The molecule has 1 heterocycles. The predicted molar refractivity (Wildman–Crippen MR) is 197 cm³/mol. The van der Waals surface area contributed by atoms with Crippen molar-refractivity contribution < 1.29 is 9.53 Å². The normalized spacial score (nSPS) is 11.5. The lowest BCUT2D eigenvalue weighted by Gasteiger charge is -2.15. The van der Waals surface area contributed by atoms with E-state index in [1.165, 1.54) is 16.3 Å². The first-order chi connectivity index (χ1) is 23.4. The molecule has 0 aliphatic rings. The number of nitrogens with zero attached hydrogens (tertiary/aromatic N) is 2. The van der Waals surface area contributed by atoms with Gasteiger partial charge in [0, 0.05) is 28.9 Å². The molecule has 1 amide bonds. The van der Waals surface area contributed by atoms with Crippen LogP contribution in [0.25, 0.3) is 33.2 Å². The summed E-state index contributed by atoms with van der Waals surface area (Å²) < 4.78 is 7.04. The Labute approximate surface area is 291 Å². The molecule has 0 saturated carbocycles. The third kappa shape index (κ3) is 7.91. The Morgan fingerprint density at radius 2 is 1.62 bits per heavy atom. The van der Waals surface area contributed by atoms with Crippen LogP contribution in [0.1, 0.15) is 42.6 Å². The third-order valence-corrected chi connectivity index (χ3v) is 8.96. The van der Waals surface area contributed by atoms with E-state index in [4.69, 9.17) is 32.9 Å².